The van der Waals surface area contributed by atoms with Crippen LogP contribution < -0.4 is 4.74 Å². The number of aromatic nitrogens is 1. The molecule has 0 atom stereocenters. The number of hydrogen-bond acceptors (Lipinski definition) is 3. The number of halogens is 3. The third-order valence-electron chi connectivity index (χ3n) is 2.19. The van der Waals surface area contributed by atoms with Crippen molar-refractivity contribution in [3.8, 4) is 11.6 Å². The summed E-state index contributed by atoms with van der Waals surface area (Å²) in [6.45, 7) is 0. The van der Waals surface area contributed by atoms with Crippen molar-refractivity contribution >= 4 is 29.2 Å². The third kappa shape index (κ3) is 2.94. The smallest absolute Gasteiger partial charge is 0.338 e. The van der Waals surface area contributed by atoms with Crippen molar-refractivity contribution in [2.24, 2.45) is 0 Å². The summed E-state index contributed by atoms with van der Waals surface area (Å²) < 4.78 is 18.9. The molecule has 0 aliphatic rings. The molecule has 0 spiro atoms. The van der Waals surface area contributed by atoms with Crippen LogP contribution in [0, 0.1) is 5.82 Å². The van der Waals surface area contributed by atoms with Crippen molar-refractivity contribution in [2.75, 3.05) is 0 Å². The highest BCUT2D eigenvalue weighted by Crippen LogP contribution is 2.32. The molecule has 0 amide bonds. The molecule has 0 saturated carbocycles. The van der Waals surface area contributed by atoms with Gasteiger partial charge in [-0.25, -0.2) is 14.2 Å². The van der Waals surface area contributed by atoms with Crippen LogP contribution in [0.2, 0.25) is 10.0 Å². The summed E-state index contributed by atoms with van der Waals surface area (Å²) in [5.74, 6) is -2.89. The van der Waals surface area contributed by atoms with Crippen LogP contribution >= 0.6 is 23.2 Å². The van der Waals surface area contributed by atoms with Crippen LogP contribution in [0.4, 0.5) is 4.39 Å². The zero-order valence-corrected chi connectivity index (χ0v) is 10.7. The van der Waals surface area contributed by atoms with E-state index in [-0.39, 0.29) is 10.8 Å². The van der Waals surface area contributed by atoms with Crippen molar-refractivity contribution in [2.45, 2.75) is 0 Å². The van der Waals surface area contributed by atoms with Crippen LogP contribution in [-0.2, 0) is 0 Å². The molecule has 0 bridgehead atoms. The first-order valence-corrected chi connectivity index (χ1v) is 5.75. The fraction of sp³-hybridized carbons (Fsp3) is 0. The summed E-state index contributed by atoms with van der Waals surface area (Å²) in [5.41, 5.74) is -0.539. The molecule has 1 heterocycles. The van der Waals surface area contributed by atoms with Gasteiger partial charge < -0.3 is 9.84 Å². The van der Waals surface area contributed by atoms with Gasteiger partial charge in [0.05, 0.1) is 5.02 Å². The molecule has 0 unspecified atom stereocenters. The van der Waals surface area contributed by atoms with E-state index in [1.54, 1.807) is 0 Å². The largest absolute Gasteiger partial charge is 0.478 e. The first kappa shape index (κ1) is 13.6. The highest BCUT2D eigenvalue weighted by molar-refractivity contribution is 6.34. The number of carbonyl (C=O) groups is 1. The lowest BCUT2D eigenvalue weighted by Crippen LogP contribution is -2.03. The maximum atomic E-state index is 13.8. The second kappa shape index (κ2) is 5.42. The normalized spacial score (nSPS) is 10.3. The van der Waals surface area contributed by atoms with Crippen molar-refractivity contribution in [3.63, 3.8) is 0 Å². The highest BCUT2D eigenvalue weighted by Gasteiger charge is 2.17. The second-order valence-corrected chi connectivity index (χ2v) is 4.30. The molecular formula is C12H6Cl2FNO3. The number of aromatic carboxylic acids is 1. The van der Waals surface area contributed by atoms with Crippen LogP contribution in [0.15, 0.2) is 30.5 Å². The Kier molecular flexibility index (Phi) is 3.87. The van der Waals surface area contributed by atoms with E-state index >= 15 is 0 Å². The van der Waals surface area contributed by atoms with E-state index in [1.807, 2.05) is 0 Å². The molecule has 7 heteroatoms. The lowest BCUT2D eigenvalue weighted by molar-refractivity contribution is 0.0690. The number of nitrogens with zero attached hydrogens (tertiary/aromatic N) is 1. The lowest BCUT2D eigenvalue weighted by Gasteiger charge is -2.08. The van der Waals surface area contributed by atoms with Gasteiger partial charge in [0, 0.05) is 17.3 Å². The van der Waals surface area contributed by atoms with E-state index in [2.05, 4.69) is 4.98 Å². The number of rotatable bonds is 3. The van der Waals surface area contributed by atoms with Crippen molar-refractivity contribution in [1.29, 1.82) is 0 Å². The molecule has 0 aliphatic heterocycles. The summed E-state index contributed by atoms with van der Waals surface area (Å²) in [7, 11) is 0. The Morgan fingerprint density at radius 3 is 2.74 bits per heavy atom. The maximum absolute atomic E-state index is 13.8. The Balaban J connectivity index is 2.41. The molecule has 4 nitrogen and oxygen atoms in total. The van der Waals surface area contributed by atoms with Gasteiger partial charge in [0.15, 0.2) is 5.82 Å². The summed E-state index contributed by atoms with van der Waals surface area (Å²) in [5, 5.41) is 9.33. The Morgan fingerprint density at radius 1 is 1.32 bits per heavy atom. The van der Waals surface area contributed by atoms with Gasteiger partial charge in [-0.2, -0.15) is 0 Å². The molecule has 2 rings (SSSR count). The first-order valence-electron chi connectivity index (χ1n) is 4.99. The minimum atomic E-state index is -1.41. The van der Waals surface area contributed by atoms with Gasteiger partial charge in [-0.3, -0.25) is 0 Å². The Hall–Kier alpha value is -1.85. The van der Waals surface area contributed by atoms with E-state index < -0.39 is 23.2 Å². The molecule has 0 aliphatic carbocycles. The van der Waals surface area contributed by atoms with Gasteiger partial charge in [-0.1, -0.05) is 23.2 Å². The standard InChI is InChI=1S/C12H6Cl2FNO3/c13-6-1-2-8(14)9(5-6)19-11-10(15)7(12(17)18)3-4-16-11/h1-5H,(H,17,18). The summed E-state index contributed by atoms with van der Waals surface area (Å²) >= 11 is 11.6. The molecule has 0 saturated heterocycles. The number of benzene rings is 1. The highest BCUT2D eigenvalue weighted by atomic mass is 35.5. The van der Waals surface area contributed by atoms with E-state index in [1.165, 1.54) is 18.2 Å². The Bertz CT molecular complexity index is 649. The van der Waals surface area contributed by atoms with Crippen LogP contribution in [-0.4, -0.2) is 16.1 Å². The molecule has 19 heavy (non-hydrogen) atoms. The average molecular weight is 302 g/mol. The van der Waals surface area contributed by atoms with Crippen LogP contribution in [0.5, 0.6) is 11.6 Å². The summed E-state index contributed by atoms with van der Waals surface area (Å²) in [4.78, 5) is 14.4. The molecule has 0 fully saturated rings. The predicted octanol–water partition coefficient (Wildman–Crippen LogP) is 4.02. The molecule has 1 aromatic carbocycles. The Labute approximate surface area is 117 Å². The summed E-state index contributed by atoms with van der Waals surface area (Å²) in [6.07, 6.45) is 1.13. The van der Waals surface area contributed by atoms with Gasteiger partial charge in [-0.05, 0) is 18.2 Å². The van der Waals surface area contributed by atoms with Crippen molar-refractivity contribution in [1.82, 2.24) is 4.98 Å². The number of carboxylic acids is 1. The van der Waals surface area contributed by atoms with Gasteiger partial charge >= 0.3 is 5.97 Å². The van der Waals surface area contributed by atoms with Crippen molar-refractivity contribution < 1.29 is 19.0 Å². The minimum Gasteiger partial charge on any atom is -0.478 e. The van der Waals surface area contributed by atoms with Gasteiger partial charge in [-0.15, -0.1) is 0 Å². The number of pyridine rings is 1. The van der Waals surface area contributed by atoms with Crippen LogP contribution in [0.1, 0.15) is 10.4 Å². The predicted molar refractivity (Wildman–Crippen MR) is 67.7 cm³/mol. The van der Waals surface area contributed by atoms with E-state index in [4.69, 9.17) is 33.0 Å². The maximum Gasteiger partial charge on any atom is 0.338 e. The third-order valence-corrected chi connectivity index (χ3v) is 2.73. The molecule has 2 aromatic rings. The van der Waals surface area contributed by atoms with E-state index in [0.29, 0.717) is 5.02 Å². The first-order chi connectivity index (χ1) is 8.99. The Morgan fingerprint density at radius 2 is 2.05 bits per heavy atom. The van der Waals surface area contributed by atoms with Crippen molar-refractivity contribution in [3.05, 3.63) is 51.9 Å². The monoisotopic (exact) mass is 301 g/mol. The SMILES string of the molecule is O=C(O)c1ccnc(Oc2cc(Cl)ccc2Cl)c1F. The van der Waals surface area contributed by atoms with Crippen LogP contribution in [0.3, 0.4) is 0 Å². The van der Waals surface area contributed by atoms with Gasteiger partial charge in [0.1, 0.15) is 11.3 Å². The molecule has 0 radical (unpaired) electrons. The average Bonchev–Trinajstić information content (AvgIpc) is 2.36. The minimum absolute atomic E-state index is 0.0862. The number of ether oxygens (including phenoxy) is 1. The topological polar surface area (TPSA) is 59.4 Å². The van der Waals surface area contributed by atoms with Gasteiger partial charge in [0.2, 0.25) is 0 Å². The van der Waals surface area contributed by atoms with Gasteiger partial charge in [0.25, 0.3) is 5.88 Å². The fourth-order valence-corrected chi connectivity index (χ4v) is 1.64. The van der Waals surface area contributed by atoms with E-state index in [9.17, 15) is 9.18 Å². The molecule has 1 aromatic heterocycles. The zero-order chi connectivity index (χ0) is 14.0. The zero-order valence-electron chi connectivity index (χ0n) is 9.23. The number of carboxylic acid groups (broad SMARTS) is 1. The van der Waals surface area contributed by atoms with E-state index in [0.717, 1.165) is 12.3 Å². The lowest BCUT2D eigenvalue weighted by atomic mass is 10.2. The molecule has 98 valence electrons. The summed E-state index contributed by atoms with van der Waals surface area (Å²) in [6, 6.07) is 5.41. The van der Waals surface area contributed by atoms with Crippen LogP contribution in [0.25, 0.3) is 0 Å². The molecular weight excluding hydrogens is 296 g/mol. The number of hydrogen-bond donors (Lipinski definition) is 1. The quantitative estimate of drug-likeness (QED) is 0.930. The fourth-order valence-electron chi connectivity index (χ4n) is 1.32. The molecule has 1 N–H and O–H groups in total. The second-order valence-electron chi connectivity index (χ2n) is 3.46.